The molecule has 7 nitrogen and oxygen atoms in total. The average Bonchev–Trinajstić information content (AvgIpc) is 2.69. The first kappa shape index (κ1) is 18.2. The lowest BCUT2D eigenvalue weighted by molar-refractivity contribution is 0.0724. The Bertz CT molecular complexity index is 945. The van der Waals surface area contributed by atoms with E-state index >= 15 is 0 Å². The highest BCUT2D eigenvalue weighted by Gasteiger charge is 2.43. The largest absolute Gasteiger partial charge is 0.486 e. The van der Waals surface area contributed by atoms with E-state index in [0.717, 1.165) is 5.56 Å². The quantitative estimate of drug-likeness (QED) is 0.810. The Hall–Kier alpha value is -2.13. The Morgan fingerprint density at radius 1 is 1.07 bits per heavy atom. The van der Waals surface area contributed by atoms with E-state index in [1.165, 1.54) is 10.4 Å². The maximum atomic E-state index is 13.0. The molecule has 8 heteroatoms. The molecule has 2 N–H and O–H groups in total. The molecule has 2 aromatic carbocycles. The van der Waals surface area contributed by atoms with Gasteiger partial charge in [0.15, 0.2) is 11.5 Å². The zero-order valence-corrected chi connectivity index (χ0v) is 15.4. The molecule has 0 aromatic heterocycles. The molecule has 0 bridgehead atoms. The maximum absolute atomic E-state index is 13.0. The lowest BCUT2D eigenvalue weighted by atomic mass is 9.95. The molecule has 2 atom stereocenters. The summed E-state index contributed by atoms with van der Waals surface area (Å²) in [6.45, 7) is 0.544. The van der Waals surface area contributed by atoms with Crippen molar-refractivity contribution in [2.24, 2.45) is 0 Å². The summed E-state index contributed by atoms with van der Waals surface area (Å²) in [6.07, 6.45) is -0.713. The molecule has 0 aliphatic carbocycles. The number of benzene rings is 2. The minimum absolute atomic E-state index is 0.0804. The van der Waals surface area contributed by atoms with Crippen molar-refractivity contribution in [3.8, 4) is 11.5 Å². The van der Waals surface area contributed by atoms with Crippen molar-refractivity contribution in [2.45, 2.75) is 23.5 Å². The lowest BCUT2D eigenvalue weighted by Gasteiger charge is -2.39. The van der Waals surface area contributed by atoms with Crippen molar-refractivity contribution < 1.29 is 28.1 Å². The van der Waals surface area contributed by atoms with Crippen LogP contribution >= 0.6 is 0 Å². The molecule has 0 saturated carbocycles. The highest BCUT2D eigenvalue weighted by molar-refractivity contribution is 7.89. The number of nitrogens with zero attached hydrogens (tertiary/aromatic N) is 1. The predicted molar refractivity (Wildman–Crippen MR) is 97.3 cm³/mol. The highest BCUT2D eigenvalue weighted by atomic mass is 32.2. The van der Waals surface area contributed by atoms with Gasteiger partial charge >= 0.3 is 0 Å². The first-order valence-corrected chi connectivity index (χ1v) is 10.2. The van der Waals surface area contributed by atoms with E-state index in [1.54, 1.807) is 24.3 Å². The van der Waals surface area contributed by atoms with Gasteiger partial charge < -0.3 is 19.7 Å². The Morgan fingerprint density at radius 3 is 2.59 bits per heavy atom. The molecular weight excluding hydrogens is 370 g/mol. The van der Waals surface area contributed by atoms with Crippen molar-refractivity contribution in [2.75, 3.05) is 26.4 Å². The van der Waals surface area contributed by atoms with E-state index in [-0.39, 0.29) is 24.5 Å². The third kappa shape index (κ3) is 3.19. The summed E-state index contributed by atoms with van der Waals surface area (Å²) in [6, 6.07) is 11.2. The van der Waals surface area contributed by atoms with Crippen LogP contribution in [0, 0.1) is 0 Å². The number of hydrogen-bond donors (Lipinski definition) is 2. The van der Waals surface area contributed by atoms with E-state index in [0.29, 0.717) is 30.3 Å². The first-order chi connectivity index (χ1) is 13.0. The monoisotopic (exact) mass is 391 g/mol. The van der Waals surface area contributed by atoms with Crippen molar-refractivity contribution >= 4 is 10.0 Å². The number of aliphatic hydroxyl groups excluding tert-OH is 2. The number of aliphatic hydroxyl groups is 2. The number of sulfonamides is 1. The predicted octanol–water partition coefficient (Wildman–Crippen LogP) is 1.10. The van der Waals surface area contributed by atoms with Crippen LogP contribution in [0.15, 0.2) is 47.4 Å². The second kappa shape index (κ2) is 7.12. The molecule has 0 saturated heterocycles. The molecule has 4 rings (SSSR count). The summed E-state index contributed by atoms with van der Waals surface area (Å²) in [4.78, 5) is 0.0874. The van der Waals surface area contributed by atoms with Crippen LogP contribution in [-0.4, -0.2) is 55.3 Å². The van der Waals surface area contributed by atoms with Gasteiger partial charge in [-0.2, -0.15) is 4.31 Å². The molecule has 2 aromatic rings. The first-order valence-electron chi connectivity index (χ1n) is 8.80. The van der Waals surface area contributed by atoms with E-state index in [4.69, 9.17) is 9.47 Å². The minimum atomic E-state index is -3.81. The molecular formula is C19H21NO6S. The molecule has 0 fully saturated rings. The number of fused-ring (bicyclic) bond motifs is 2. The topological polar surface area (TPSA) is 96.3 Å². The summed E-state index contributed by atoms with van der Waals surface area (Å²) < 4.78 is 38.4. The van der Waals surface area contributed by atoms with Crippen LogP contribution in [0.3, 0.4) is 0 Å². The average molecular weight is 391 g/mol. The molecule has 0 radical (unpaired) electrons. The summed E-state index contributed by atoms with van der Waals surface area (Å²) in [7, 11) is -3.81. The second-order valence-electron chi connectivity index (χ2n) is 6.57. The lowest BCUT2D eigenvalue weighted by Crippen LogP contribution is -2.50. The van der Waals surface area contributed by atoms with E-state index < -0.39 is 22.2 Å². The SMILES string of the molecule is O=S1(=O)c2ccccc2[C@@H](O)[C@@H](Cc2ccc3c(c2)OCCO3)N1CCO. The summed E-state index contributed by atoms with van der Waals surface area (Å²) in [5, 5.41) is 20.3. The van der Waals surface area contributed by atoms with Gasteiger partial charge in [-0.15, -0.1) is 0 Å². The van der Waals surface area contributed by atoms with Gasteiger partial charge in [-0.1, -0.05) is 24.3 Å². The third-order valence-corrected chi connectivity index (χ3v) is 6.93. The molecule has 2 aliphatic rings. The Balaban J connectivity index is 1.72. The van der Waals surface area contributed by atoms with E-state index in [2.05, 4.69) is 0 Å². The zero-order chi connectivity index (χ0) is 19.0. The molecule has 2 heterocycles. The van der Waals surface area contributed by atoms with Crippen LogP contribution in [0.2, 0.25) is 0 Å². The number of rotatable bonds is 4. The van der Waals surface area contributed by atoms with Gasteiger partial charge in [0.2, 0.25) is 10.0 Å². The van der Waals surface area contributed by atoms with Crippen LogP contribution < -0.4 is 9.47 Å². The molecule has 0 amide bonds. The van der Waals surface area contributed by atoms with Crippen LogP contribution in [0.1, 0.15) is 17.2 Å². The third-order valence-electron chi connectivity index (χ3n) is 4.93. The molecule has 2 aliphatic heterocycles. The number of hydrogen-bond acceptors (Lipinski definition) is 6. The summed E-state index contributed by atoms with van der Waals surface area (Å²) in [5.41, 5.74) is 1.20. The Morgan fingerprint density at radius 2 is 1.81 bits per heavy atom. The van der Waals surface area contributed by atoms with Crippen molar-refractivity contribution in [3.05, 3.63) is 53.6 Å². The van der Waals surface area contributed by atoms with Crippen LogP contribution in [0.25, 0.3) is 0 Å². The van der Waals surface area contributed by atoms with Crippen molar-refractivity contribution in [3.63, 3.8) is 0 Å². The van der Waals surface area contributed by atoms with Crippen molar-refractivity contribution in [1.29, 1.82) is 0 Å². The van der Waals surface area contributed by atoms with Gasteiger partial charge in [-0.25, -0.2) is 8.42 Å². The fourth-order valence-electron chi connectivity index (χ4n) is 3.68. The maximum Gasteiger partial charge on any atom is 0.243 e. The van der Waals surface area contributed by atoms with Crippen molar-refractivity contribution in [1.82, 2.24) is 4.31 Å². The standard InChI is InChI=1S/C19H21NO6S/c21-8-7-20-15(11-13-5-6-16-17(12-13)26-10-9-25-16)19(22)14-3-1-2-4-18(14)27(20,23)24/h1-6,12,15,19,21-22H,7-11H2/t15-,19-/m1/s1. The zero-order valence-electron chi connectivity index (χ0n) is 14.6. The summed E-state index contributed by atoms with van der Waals surface area (Å²) >= 11 is 0. The second-order valence-corrected chi connectivity index (χ2v) is 8.43. The van der Waals surface area contributed by atoms with E-state index in [1.807, 2.05) is 12.1 Å². The van der Waals surface area contributed by atoms with Gasteiger partial charge in [-0.3, -0.25) is 0 Å². The van der Waals surface area contributed by atoms with Gasteiger partial charge in [0, 0.05) is 12.1 Å². The fourth-order valence-corrected chi connectivity index (χ4v) is 5.54. The van der Waals surface area contributed by atoms with Gasteiger partial charge in [0.05, 0.1) is 23.6 Å². The molecule has 0 spiro atoms. The number of ether oxygens (including phenoxy) is 2. The molecule has 27 heavy (non-hydrogen) atoms. The molecule has 144 valence electrons. The Kier molecular flexibility index (Phi) is 4.81. The highest BCUT2D eigenvalue weighted by Crippen LogP contribution is 2.39. The normalized spacial score (nSPS) is 23.6. The smallest absolute Gasteiger partial charge is 0.243 e. The summed E-state index contributed by atoms with van der Waals surface area (Å²) in [5.74, 6) is 1.26. The minimum Gasteiger partial charge on any atom is -0.486 e. The number of β-amino-alcohol motifs (C(OH)–C–C–N with tert-alkyl or cyclic N) is 1. The van der Waals surface area contributed by atoms with Gasteiger partial charge in [0.1, 0.15) is 13.2 Å². The van der Waals surface area contributed by atoms with Crippen LogP contribution in [0.5, 0.6) is 11.5 Å². The fraction of sp³-hybridized carbons (Fsp3) is 0.368. The Labute approximate surface area is 157 Å². The van der Waals surface area contributed by atoms with Crippen LogP contribution in [-0.2, 0) is 16.4 Å². The van der Waals surface area contributed by atoms with E-state index in [9.17, 15) is 18.6 Å². The molecule has 0 unspecified atom stereocenters. The van der Waals surface area contributed by atoms with Gasteiger partial charge in [0.25, 0.3) is 0 Å². The van der Waals surface area contributed by atoms with Gasteiger partial charge in [-0.05, 0) is 30.2 Å². The van der Waals surface area contributed by atoms with Crippen LogP contribution in [0.4, 0.5) is 0 Å².